The average Bonchev–Trinajstić information content (AvgIpc) is 3.14. The van der Waals surface area contributed by atoms with E-state index in [0.29, 0.717) is 12.0 Å². The molecular weight excluding hydrogens is 483 g/mol. The zero-order chi connectivity index (χ0) is 19.0. The molecule has 5 nitrogen and oxygen atoms in total. The molecule has 2 aromatic rings. The highest BCUT2D eigenvalue weighted by atomic mass is 127. The molecule has 0 spiro atoms. The van der Waals surface area contributed by atoms with E-state index in [1.807, 2.05) is 18.2 Å². The Morgan fingerprint density at radius 1 is 1.25 bits per heavy atom. The van der Waals surface area contributed by atoms with Gasteiger partial charge >= 0.3 is 0 Å². The lowest BCUT2D eigenvalue weighted by atomic mass is 9.67. The number of guanidine groups is 1. The van der Waals surface area contributed by atoms with Gasteiger partial charge in [0.25, 0.3) is 0 Å². The van der Waals surface area contributed by atoms with Crippen molar-refractivity contribution < 1.29 is 4.74 Å². The Morgan fingerprint density at radius 2 is 2.04 bits per heavy atom. The number of hydrogen-bond donors (Lipinski definition) is 2. The lowest BCUT2D eigenvalue weighted by molar-refractivity contribution is 0.0732. The van der Waals surface area contributed by atoms with Gasteiger partial charge in [0.1, 0.15) is 5.01 Å². The zero-order valence-electron chi connectivity index (χ0n) is 16.7. The Hall–Kier alpha value is -1.19. The molecule has 1 aromatic carbocycles. The van der Waals surface area contributed by atoms with Crippen LogP contribution in [0.25, 0.3) is 11.3 Å². The molecule has 7 heteroatoms. The van der Waals surface area contributed by atoms with E-state index in [1.165, 1.54) is 19.3 Å². The molecule has 1 aliphatic carbocycles. The fourth-order valence-corrected chi connectivity index (χ4v) is 4.12. The third kappa shape index (κ3) is 6.42. The van der Waals surface area contributed by atoms with E-state index in [0.717, 1.165) is 48.3 Å². The van der Waals surface area contributed by atoms with E-state index < -0.39 is 0 Å². The Labute approximate surface area is 189 Å². The Kier molecular flexibility index (Phi) is 9.67. The largest absolute Gasteiger partial charge is 0.385 e. The van der Waals surface area contributed by atoms with Gasteiger partial charge in [-0.3, -0.25) is 0 Å². The van der Waals surface area contributed by atoms with Gasteiger partial charge < -0.3 is 15.4 Å². The van der Waals surface area contributed by atoms with Crippen LogP contribution in [-0.2, 0) is 11.3 Å². The number of nitrogens with one attached hydrogen (secondary N) is 2. The monoisotopic (exact) mass is 514 g/mol. The van der Waals surface area contributed by atoms with Gasteiger partial charge in [-0.1, -0.05) is 36.8 Å². The second-order valence-corrected chi connectivity index (χ2v) is 8.08. The predicted molar refractivity (Wildman–Crippen MR) is 129 cm³/mol. The summed E-state index contributed by atoms with van der Waals surface area (Å²) in [6.07, 6.45) is 4.98. The summed E-state index contributed by atoms with van der Waals surface area (Å²) in [4.78, 5) is 9.47. The molecule has 0 saturated heterocycles. The second kappa shape index (κ2) is 11.7. The molecule has 1 aliphatic rings. The zero-order valence-corrected chi connectivity index (χ0v) is 19.9. The number of hydrogen-bond acceptors (Lipinski definition) is 4. The molecular formula is C21H31IN4OS. The standard InChI is InChI=1S/C21H30N4OS.HI/c1-3-22-20(24-16-21(10-7-11-21)12-13-26-2)23-14-19-25-18(15-27-19)17-8-5-4-6-9-17;/h4-6,8-9,15H,3,7,10-14,16H2,1-2H3,(H2,22,23,24);1H. The van der Waals surface area contributed by atoms with Gasteiger partial charge in [0, 0.05) is 37.7 Å². The smallest absolute Gasteiger partial charge is 0.191 e. The Bertz CT molecular complexity index is 731. The fourth-order valence-electron chi connectivity index (χ4n) is 3.40. The molecule has 28 heavy (non-hydrogen) atoms. The van der Waals surface area contributed by atoms with Crippen molar-refractivity contribution in [2.24, 2.45) is 10.4 Å². The molecule has 0 aliphatic heterocycles. The van der Waals surface area contributed by atoms with E-state index in [4.69, 9.17) is 14.7 Å². The highest BCUT2D eigenvalue weighted by Gasteiger charge is 2.36. The minimum absolute atomic E-state index is 0. The summed E-state index contributed by atoms with van der Waals surface area (Å²) >= 11 is 1.66. The third-order valence-electron chi connectivity index (χ3n) is 5.22. The van der Waals surface area contributed by atoms with Crippen molar-refractivity contribution in [3.05, 3.63) is 40.7 Å². The summed E-state index contributed by atoms with van der Waals surface area (Å²) in [7, 11) is 1.78. The van der Waals surface area contributed by atoms with Gasteiger partial charge in [-0.25, -0.2) is 9.98 Å². The van der Waals surface area contributed by atoms with Gasteiger partial charge in [-0.15, -0.1) is 35.3 Å². The first-order valence-electron chi connectivity index (χ1n) is 9.76. The molecule has 0 atom stereocenters. The van der Waals surface area contributed by atoms with Crippen molar-refractivity contribution in [2.75, 3.05) is 26.8 Å². The number of benzene rings is 1. The molecule has 154 valence electrons. The van der Waals surface area contributed by atoms with Crippen molar-refractivity contribution in [1.29, 1.82) is 0 Å². The van der Waals surface area contributed by atoms with E-state index in [9.17, 15) is 0 Å². The number of halogens is 1. The normalized spacial score (nSPS) is 15.4. The Balaban J connectivity index is 0.00000280. The lowest BCUT2D eigenvalue weighted by Gasteiger charge is -2.42. The van der Waals surface area contributed by atoms with Gasteiger partial charge in [-0.05, 0) is 31.6 Å². The molecule has 3 rings (SSSR count). The van der Waals surface area contributed by atoms with Crippen LogP contribution < -0.4 is 10.6 Å². The molecule has 0 bridgehead atoms. The molecule has 1 fully saturated rings. The summed E-state index contributed by atoms with van der Waals surface area (Å²) < 4.78 is 5.29. The summed E-state index contributed by atoms with van der Waals surface area (Å²) in [5.41, 5.74) is 2.55. The third-order valence-corrected chi connectivity index (χ3v) is 6.05. The van der Waals surface area contributed by atoms with Crippen LogP contribution in [0.15, 0.2) is 40.7 Å². The van der Waals surface area contributed by atoms with Gasteiger partial charge in [0.05, 0.1) is 12.2 Å². The molecule has 0 radical (unpaired) electrons. The Morgan fingerprint density at radius 3 is 2.68 bits per heavy atom. The lowest BCUT2D eigenvalue weighted by Crippen LogP contribution is -2.46. The maximum atomic E-state index is 5.29. The minimum atomic E-state index is 0. The van der Waals surface area contributed by atoms with Crippen LogP contribution in [0.3, 0.4) is 0 Å². The first-order valence-corrected chi connectivity index (χ1v) is 10.6. The van der Waals surface area contributed by atoms with Crippen LogP contribution in [0.4, 0.5) is 0 Å². The van der Waals surface area contributed by atoms with Crippen molar-refractivity contribution in [2.45, 2.75) is 39.2 Å². The highest BCUT2D eigenvalue weighted by Crippen LogP contribution is 2.43. The number of thiazole rings is 1. The van der Waals surface area contributed by atoms with Crippen LogP contribution in [0.5, 0.6) is 0 Å². The van der Waals surface area contributed by atoms with Crippen molar-refractivity contribution in [3.63, 3.8) is 0 Å². The van der Waals surface area contributed by atoms with E-state index >= 15 is 0 Å². The molecule has 1 aromatic heterocycles. The summed E-state index contributed by atoms with van der Waals surface area (Å²) in [5, 5.41) is 10.0. The maximum Gasteiger partial charge on any atom is 0.191 e. The summed E-state index contributed by atoms with van der Waals surface area (Å²) in [6.45, 7) is 5.33. The number of nitrogens with zero attached hydrogens (tertiary/aromatic N) is 2. The average molecular weight is 514 g/mol. The molecule has 1 heterocycles. The number of rotatable bonds is 9. The van der Waals surface area contributed by atoms with E-state index in [1.54, 1.807) is 18.4 Å². The van der Waals surface area contributed by atoms with Crippen LogP contribution in [0, 0.1) is 5.41 Å². The number of aliphatic imine (C=N–C) groups is 1. The minimum Gasteiger partial charge on any atom is -0.385 e. The van der Waals surface area contributed by atoms with Crippen LogP contribution in [0.1, 0.15) is 37.6 Å². The van der Waals surface area contributed by atoms with Crippen molar-refractivity contribution in [1.82, 2.24) is 15.6 Å². The number of ether oxygens (including phenoxy) is 1. The molecule has 0 unspecified atom stereocenters. The SMILES string of the molecule is CCNC(=NCc1nc(-c2ccccc2)cs1)NCC1(CCOC)CCC1.I. The predicted octanol–water partition coefficient (Wildman–Crippen LogP) is 4.69. The van der Waals surface area contributed by atoms with Crippen LogP contribution in [0.2, 0.25) is 0 Å². The van der Waals surface area contributed by atoms with Crippen molar-refractivity contribution in [3.8, 4) is 11.3 Å². The van der Waals surface area contributed by atoms with E-state index in [2.05, 4.69) is 35.1 Å². The fraction of sp³-hybridized carbons (Fsp3) is 0.524. The van der Waals surface area contributed by atoms with Gasteiger partial charge in [0.2, 0.25) is 0 Å². The van der Waals surface area contributed by atoms with Crippen molar-refractivity contribution >= 4 is 41.3 Å². The number of methoxy groups -OCH3 is 1. The van der Waals surface area contributed by atoms with Crippen LogP contribution in [-0.4, -0.2) is 37.7 Å². The quantitative estimate of drug-likeness (QED) is 0.290. The van der Waals surface area contributed by atoms with Crippen LogP contribution >= 0.6 is 35.3 Å². The summed E-state index contributed by atoms with van der Waals surface area (Å²) in [5.74, 6) is 0.873. The first-order chi connectivity index (χ1) is 13.2. The highest BCUT2D eigenvalue weighted by molar-refractivity contribution is 14.0. The molecule has 0 amide bonds. The molecule has 1 saturated carbocycles. The number of aromatic nitrogens is 1. The van der Waals surface area contributed by atoms with E-state index in [-0.39, 0.29) is 24.0 Å². The van der Waals surface area contributed by atoms with Gasteiger partial charge in [0.15, 0.2) is 5.96 Å². The maximum absolute atomic E-state index is 5.29. The second-order valence-electron chi connectivity index (χ2n) is 7.14. The molecule has 2 N–H and O–H groups in total. The topological polar surface area (TPSA) is 58.5 Å². The summed E-state index contributed by atoms with van der Waals surface area (Å²) in [6, 6.07) is 10.3. The first kappa shape index (κ1) is 23.1. The van der Waals surface area contributed by atoms with Gasteiger partial charge in [-0.2, -0.15) is 0 Å².